The van der Waals surface area contributed by atoms with Crippen molar-refractivity contribution in [3.8, 4) is 11.1 Å². The van der Waals surface area contributed by atoms with Crippen LogP contribution in [0.3, 0.4) is 0 Å². The predicted octanol–water partition coefficient (Wildman–Crippen LogP) is 3.98. The van der Waals surface area contributed by atoms with Gasteiger partial charge in [-0.15, -0.1) is 0 Å². The second kappa shape index (κ2) is 5.89. The number of hydrogen-bond acceptors (Lipinski definition) is 3. The van der Waals surface area contributed by atoms with Crippen LogP contribution in [0.15, 0.2) is 35.0 Å². The van der Waals surface area contributed by atoms with Crippen LogP contribution in [0.5, 0.6) is 0 Å². The van der Waals surface area contributed by atoms with Crippen LogP contribution in [0.1, 0.15) is 20.3 Å². The number of halogens is 1. The molecule has 1 N–H and O–H groups in total. The van der Waals surface area contributed by atoms with Gasteiger partial charge in [-0.25, -0.2) is 0 Å². The largest absolute Gasteiger partial charge is 0.338 e. The highest BCUT2D eigenvalue weighted by molar-refractivity contribution is 6.30. The van der Waals surface area contributed by atoms with E-state index in [4.69, 9.17) is 16.1 Å². The van der Waals surface area contributed by atoms with Gasteiger partial charge in [0.15, 0.2) is 0 Å². The molecule has 1 aromatic carbocycles. The molecular formula is C14H15ClN2O2. The standard InChI is InChI=1S/C14H15ClN2O2/c1-9(2)7-13(18)17-14-12(8-16-19-14)10-3-5-11(15)6-4-10/h3-6,8-9H,7H2,1-2H3,(H,17,18). The van der Waals surface area contributed by atoms with E-state index >= 15 is 0 Å². The Bertz CT molecular complexity index is 561. The van der Waals surface area contributed by atoms with Gasteiger partial charge in [-0.05, 0) is 23.6 Å². The molecule has 0 radical (unpaired) electrons. The molecule has 1 aromatic heterocycles. The topological polar surface area (TPSA) is 55.1 Å². The fraction of sp³-hybridized carbons (Fsp3) is 0.286. The van der Waals surface area contributed by atoms with Crippen LogP contribution < -0.4 is 5.32 Å². The van der Waals surface area contributed by atoms with E-state index in [1.165, 1.54) is 0 Å². The minimum Gasteiger partial charge on any atom is -0.338 e. The Hall–Kier alpha value is -1.81. The molecule has 0 aliphatic carbocycles. The number of nitrogens with zero attached hydrogens (tertiary/aromatic N) is 1. The molecule has 0 atom stereocenters. The summed E-state index contributed by atoms with van der Waals surface area (Å²) >= 11 is 5.85. The Morgan fingerprint density at radius 3 is 2.68 bits per heavy atom. The molecule has 0 aliphatic rings. The lowest BCUT2D eigenvalue weighted by Crippen LogP contribution is -2.13. The first-order valence-electron chi connectivity index (χ1n) is 6.06. The van der Waals surface area contributed by atoms with Crippen LogP contribution in [-0.2, 0) is 4.79 Å². The number of hydrogen-bond donors (Lipinski definition) is 1. The maximum Gasteiger partial charge on any atom is 0.239 e. The predicted molar refractivity (Wildman–Crippen MR) is 75.0 cm³/mol. The summed E-state index contributed by atoms with van der Waals surface area (Å²) in [5, 5.41) is 7.12. The van der Waals surface area contributed by atoms with Gasteiger partial charge in [-0.2, -0.15) is 0 Å². The van der Waals surface area contributed by atoms with Crippen LogP contribution in [0.25, 0.3) is 11.1 Å². The van der Waals surface area contributed by atoms with Crippen molar-refractivity contribution in [3.63, 3.8) is 0 Å². The zero-order valence-corrected chi connectivity index (χ0v) is 11.6. The molecule has 4 nitrogen and oxygen atoms in total. The van der Waals surface area contributed by atoms with Gasteiger partial charge in [0.1, 0.15) is 0 Å². The molecular weight excluding hydrogens is 264 g/mol. The zero-order valence-electron chi connectivity index (χ0n) is 10.8. The highest BCUT2D eigenvalue weighted by Gasteiger charge is 2.14. The van der Waals surface area contributed by atoms with Crippen molar-refractivity contribution in [2.45, 2.75) is 20.3 Å². The fourth-order valence-corrected chi connectivity index (χ4v) is 1.84. The molecule has 0 saturated carbocycles. The number of amides is 1. The third-order valence-corrected chi connectivity index (χ3v) is 2.82. The summed E-state index contributed by atoms with van der Waals surface area (Å²) in [6.07, 6.45) is 2.02. The van der Waals surface area contributed by atoms with Crippen LogP contribution >= 0.6 is 11.6 Å². The molecule has 2 rings (SSSR count). The summed E-state index contributed by atoms with van der Waals surface area (Å²) in [6.45, 7) is 3.97. The van der Waals surface area contributed by atoms with Crippen molar-refractivity contribution in [1.29, 1.82) is 0 Å². The number of benzene rings is 1. The van der Waals surface area contributed by atoms with Gasteiger partial charge in [-0.1, -0.05) is 42.7 Å². The molecule has 0 saturated heterocycles. The molecule has 100 valence electrons. The van der Waals surface area contributed by atoms with Crippen LogP contribution in [0, 0.1) is 5.92 Å². The lowest BCUT2D eigenvalue weighted by molar-refractivity contribution is -0.116. The molecule has 0 spiro atoms. The Balaban J connectivity index is 2.18. The molecule has 0 aliphatic heterocycles. The van der Waals surface area contributed by atoms with E-state index in [2.05, 4.69) is 10.5 Å². The van der Waals surface area contributed by atoms with Gasteiger partial charge in [0.2, 0.25) is 11.8 Å². The quantitative estimate of drug-likeness (QED) is 0.920. The van der Waals surface area contributed by atoms with E-state index in [0.29, 0.717) is 23.2 Å². The summed E-state index contributed by atoms with van der Waals surface area (Å²) in [6, 6.07) is 7.27. The smallest absolute Gasteiger partial charge is 0.239 e. The lowest BCUT2D eigenvalue weighted by Gasteiger charge is -2.06. The highest BCUT2D eigenvalue weighted by atomic mass is 35.5. The molecule has 5 heteroatoms. The number of anilines is 1. The summed E-state index contributed by atoms with van der Waals surface area (Å²) < 4.78 is 5.09. The van der Waals surface area contributed by atoms with Gasteiger partial charge in [0, 0.05) is 11.4 Å². The third kappa shape index (κ3) is 3.58. The normalized spacial score (nSPS) is 10.7. The van der Waals surface area contributed by atoms with Crippen LogP contribution in [0.2, 0.25) is 5.02 Å². The third-order valence-electron chi connectivity index (χ3n) is 2.57. The van der Waals surface area contributed by atoms with Crippen molar-refractivity contribution in [1.82, 2.24) is 5.16 Å². The summed E-state index contributed by atoms with van der Waals surface area (Å²) in [7, 11) is 0. The summed E-state index contributed by atoms with van der Waals surface area (Å²) in [5.41, 5.74) is 1.64. The monoisotopic (exact) mass is 278 g/mol. The Labute approximate surface area is 116 Å². The van der Waals surface area contributed by atoms with Crippen molar-refractivity contribution in [3.05, 3.63) is 35.5 Å². The number of aromatic nitrogens is 1. The van der Waals surface area contributed by atoms with E-state index < -0.39 is 0 Å². The number of carbonyl (C=O) groups is 1. The molecule has 0 unspecified atom stereocenters. The summed E-state index contributed by atoms with van der Waals surface area (Å²) in [4.78, 5) is 11.7. The van der Waals surface area contributed by atoms with E-state index in [9.17, 15) is 4.79 Å². The molecule has 1 heterocycles. The number of nitrogens with one attached hydrogen (secondary N) is 1. The van der Waals surface area contributed by atoms with Crippen molar-refractivity contribution >= 4 is 23.4 Å². The van der Waals surface area contributed by atoms with Crippen molar-refractivity contribution < 1.29 is 9.32 Å². The van der Waals surface area contributed by atoms with Crippen LogP contribution in [0.4, 0.5) is 5.88 Å². The minimum atomic E-state index is -0.0815. The van der Waals surface area contributed by atoms with Crippen molar-refractivity contribution in [2.75, 3.05) is 5.32 Å². The summed E-state index contributed by atoms with van der Waals surface area (Å²) in [5.74, 6) is 0.580. The molecule has 0 fully saturated rings. The average Bonchev–Trinajstić information content (AvgIpc) is 2.77. The van der Waals surface area contributed by atoms with Gasteiger partial charge in [0.25, 0.3) is 0 Å². The molecule has 2 aromatic rings. The van der Waals surface area contributed by atoms with E-state index in [1.54, 1.807) is 18.3 Å². The maximum atomic E-state index is 11.7. The number of rotatable bonds is 4. The first-order valence-corrected chi connectivity index (χ1v) is 6.44. The van der Waals surface area contributed by atoms with E-state index in [-0.39, 0.29) is 5.91 Å². The lowest BCUT2D eigenvalue weighted by atomic mass is 10.1. The minimum absolute atomic E-state index is 0.0815. The van der Waals surface area contributed by atoms with Crippen LogP contribution in [-0.4, -0.2) is 11.1 Å². The number of carbonyl (C=O) groups excluding carboxylic acids is 1. The Morgan fingerprint density at radius 2 is 2.05 bits per heavy atom. The average molecular weight is 279 g/mol. The van der Waals surface area contributed by atoms with E-state index in [0.717, 1.165) is 11.1 Å². The fourth-order valence-electron chi connectivity index (χ4n) is 1.71. The van der Waals surface area contributed by atoms with Crippen molar-refractivity contribution in [2.24, 2.45) is 5.92 Å². The first-order chi connectivity index (χ1) is 9.06. The molecule has 0 bridgehead atoms. The van der Waals surface area contributed by atoms with E-state index in [1.807, 2.05) is 26.0 Å². The highest BCUT2D eigenvalue weighted by Crippen LogP contribution is 2.28. The Kier molecular flexibility index (Phi) is 4.22. The first kappa shape index (κ1) is 13.6. The van der Waals surface area contributed by atoms with Gasteiger partial charge >= 0.3 is 0 Å². The van der Waals surface area contributed by atoms with Gasteiger partial charge < -0.3 is 4.52 Å². The van der Waals surface area contributed by atoms with Gasteiger partial charge in [-0.3, -0.25) is 10.1 Å². The molecule has 1 amide bonds. The molecule has 19 heavy (non-hydrogen) atoms. The SMILES string of the molecule is CC(C)CC(=O)Nc1oncc1-c1ccc(Cl)cc1. The van der Waals surface area contributed by atoms with Gasteiger partial charge in [0.05, 0.1) is 11.8 Å². The maximum absolute atomic E-state index is 11.7. The Morgan fingerprint density at radius 1 is 1.37 bits per heavy atom. The second-order valence-electron chi connectivity index (χ2n) is 4.72. The zero-order chi connectivity index (χ0) is 13.8. The second-order valence-corrected chi connectivity index (χ2v) is 5.16.